The molecule has 1 aromatic carbocycles. The second kappa shape index (κ2) is 6.15. The van der Waals surface area contributed by atoms with Crippen molar-refractivity contribution in [3.8, 4) is 5.75 Å². The number of thiazole rings is 1. The van der Waals surface area contributed by atoms with Crippen molar-refractivity contribution in [1.29, 1.82) is 0 Å². The topological polar surface area (TPSA) is 22.1 Å². The lowest BCUT2D eigenvalue weighted by Gasteiger charge is -2.19. The van der Waals surface area contributed by atoms with Gasteiger partial charge in [-0.15, -0.1) is 22.7 Å². The number of rotatable bonds is 5. The highest BCUT2D eigenvalue weighted by Gasteiger charge is 2.16. The first kappa shape index (κ1) is 15.1. The Kier molecular flexibility index (Phi) is 4.43. The van der Waals surface area contributed by atoms with Crippen molar-refractivity contribution >= 4 is 55.6 Å². The highest BCUT2D eigenvalue weighted by atomic mass is 32.1. The summed E-state index contributed by atoms with van der Waals surface area (Å²) in [4.78, 5) is 4.66. The van der Waals surface area contributed by atoms with E-state index in [2.05, 4.69) is 55.9 Å². The fourth-order valence-corrected chi connectivity index (χ4v) is 4.72. The van der Waals surface area contributed by atoms with Crippen molar-refractivity contribution in [1.82, 2.24) is 4.98 Å². The number of thiophene rings is 1. The summed E-state index contributed by atoms with van der Waals surface area (Å²) < 4.78 is 8.59. The van der Waals surface area contributed by atoms with E-state index in [1.165, 1.54) is 14.8 Å². The molecule has 3 aromatic rings. The van der Waals surface area contributed by atoms with Gasteiger partial charge in [-0.1, -0.05) is 13.8 Å². The number of ether oxygens (including phenoxy) is 1. The summed E-state index contributed by atoms with van der Waals surface area (Å²) in [7, 11) is 0. The van der Waals surface area contributed by atoms with Crippen molar-refractivity contribution < 1.29 is 4.74 Å². The lowest BCUT2D eigenvalue weighted by molar-refractivity contribution is 0.229. The van der Waals surface area contributed by atoms with E-state index in [0.717, 1.165) is 28.6 Å². The zero-order valence-electron chi connectivity index (χ0n) is 12.4. The first-order chi connectivity index (χ1) is 10.1. The summed E-state index contributed by atoms with van der Waals surface area (Å²) in [5.74, 6) is 2.89. The van der Waals surface area contributed by atoms with Crippen molar-refractivity contribution in [2.24, 2.45) is 11.8 Å². The monoisotopic (exact) mass is 337 g/mol. The van der Waals surface area contributed by atoms with Gasteiger partial charge in [-0.3, -0.25) is 0 Å². The molecule has 5 heteroatoms. The number of fused-ring (bicyclic) bond motifs is 3. The van der Waals surface area contributed by atoms with Crippen LogP contribution < -0.4 is 4.74 Å². The quantitative estimate of drug-likeness (QED) is 0.630. The van der Waals surface area contributed by atoms with E-state index in [9.17, 15) is 0 Å². The molecule has 2 heterocycles. The number of benzene rings is 1. The molecule has 2 nitrogen and oxygen atoms in total. The third-order valence-corrected chi connectivity index (χ3v) is 6.11. The normalized spacial score (nSPS) is 13.4. The van der Waals surface area contributed by atoms with Gasteiger partial charge in [0, 0.05) is 17.4 Å². The lowest BCUT2D eigenvalue weighted by Crippen LogP contribution is -2.19. The molecule has 1 atom stereocenters. The molecule has 1 unspecified atom stereocenters. The molecule has 0 aliphatic carbocycles. The minimum absolute atomic E-state index is 0.473. The molecule has 0 saturated carbocycles. The predicted octanol–water partition coefficient (Wildman–Crippen LogP) is 5.40. The van der Waals surface area contributed by atoms with E-state index in [1.807, 2.05) is 0 Å². The summed E-state index contributed by atoms with van der Waals surface area (Å²) in [5, 5.41) is 4.40. The van der Waals surface area contributed by atoms with Crippen LogP contribution in [-0.2, 0) is 0 Å². The summed E-state index contributed by atoms with van der Waals surface area (Å²) in [6.07, 6.45) is 0. The molecule has 0 spiro atoms. The molecule has 2 aromatic heterocycles. The summed E-state index contributed by atoms with van der Waals surface area (Å²) in [6, 6.07) is 4.28. The highest BCUT2D eigenvalue weighted by molar-refractivity contribution is 7.80. The highest BCUT2D eigenvalue weighted by Crippen LogP contribution is 2.39. The third-order valence-electron chi connectivity index (χ3n) is 3.80. The second-order valence-electron chi connectivity index (χ2n) is 5.62. The Hall–Kier alpha value is -0.780. The van der Waals surface area contributed by atoms with Crippen LogP contribution in [0.25, 0.3) is 20.3 Å². The number of thiol groups is 1. The Morgan fingerprint density at radius 1 is 1.38 bits per heavy atom. The van der Waals surface area contributed by atoms with Gasteiger partial charge in [0.25, 0.3) is 0 Å². The van der Waals surface area contributed by atoms with Crippen LogP contribution >= 0.6 is 35.3 Å². The third kappa shape index (κ3) is 2.91. The molecular formula is C16H19NOS3. The van der Waals surface area contributed by atoms with Crippen molar-refractivity contribution in [3.05, 3.63) is 22.5 Å². The fourth-order valence-electron chi connectivity index (χ4n) is 2.36. The molecule has 0 aliphatic rings. The zero-order valence-corrected chi connectivity index (χ0v) is 14.9. The summed E-state index contributed by atoms with van der Waals surface area (Å²) in [5.41, 5.74) is 1.12. The maximum absolute atomic E-state index is 6.15. The zero-order chi connectivity index (χ0) is 15.0. The Bertz CT molecular complexity index is 759. The fraction of sp³-hybridized carbons (Fsp3) is 0.438. The predicted molar refractivity (Wildman–Crippen MR) is 97.4 cm³/mol. The summed E-state index contributed by atoms with van der Waals surface area (Å²) in [6.45, 7) is 7.22. The Balaban J connectivity index is 1.98. The average molecular weight is 338 g/mol. The molecular weight excluding hydrogens is 318 g/mol. The van der Waals surface area contributed by atoms with Crippen LogP contribution in [0, 0.1) is 18.8 Å². The number of nitrogens with zero attached hydrogens (tertiary/aromatic N) is 1. The molecule has 0 amide bonds. The van der Waals surface area contributed by atoms with Crippen LogP contribution in [0.3, 0.4) is 0 Å². The molecule has 112 valence electrons. The average Bonchev–Trinajstić information content (AvgIpc) is 3.03. The lowest BCUT2D eigenvalue weighted by atomic mass is 9.99. The maximum atomic E-state index is 6.15. The first-order valence-electron chi connectivity index (χ1n) is 7.11. The van der Waals surface area contributed by atoms with Crippen molar-refractivity contribution in [3.63, 3.8) is 0 Å². The number of hydrogen-bond donors (Lipinski definition) is 1. The molecule has 3 rings (SSSR count). The molecule has 0 bridgehead atoms. The molecule has 0 radical (unpaired) electrons. The summed E-state index contributed by atoms with van der Waals surface area (Å²) >= 11 is 7.91. The SMILES string of the molecule is Cc1nc2c(cc(OCC(CS)C(C)C)c3ccsc32)s1. The smallest absolute Gasteiger partial charge is 0.129 e. The van der Waals surface area contributed by atoms with Gasteiger partial charge in [0.15, 0.2) is 0 Å². The van der Waals surface area contributed by atoms with E-state index in [4.69, 9.17) is 4.74 Å². The Morgan fingerprint density at radius 3 is 2.90 bits per heavy atom. The van der Waals surface area contributed by atoms with Crippen LogP contribution in [0.1, 0.15) is 18.9 Å². The second-order valence-corrected chi connectivity index (χ2v) is 8.13. The van der Waals surface area contributed by atoms with Gasteiger partial charge in [0.05, 0.1) is 26.5 Å². The molecule has 0 aliphatic heterocycles. The van der Waals surface area contributed by atoms with Crippen LogP contribution in [0.4, 0.5) is 0 Å². The van der Waals surface area contributed by atoms with Gasteiger partial charge in [0.1, 0.15) is 5.75 Å². The van der Waals surface area contributed by atoms with Gasteiger partial charge in [-0.2, -0.15) is 12.6 Å². The largest absolute Gasteiger partial charge is 0.493 e. The van der Waals surface area contributed by atoms with E-state index in [-0.39, 0.29) is 0 Å². The van der Waals surface area contributed by atoms with Crippen molar-refractivity contribution in [2.75, 3.05) is 12.4 Å². The maximum Gasteiger partial charge on any atom is 0.129 e. The van der Waals surface area contributed by atoms with E-state index < -0.39 is 0 Å². The number of aromatic nitrogens is 1. The molecule has 0 fully saturated rings. The Labute approximate surface area is 138 Å². The van der Waals surface area contributed by atoms with Gasteiger partial charge < -0.3 is 4.74 Å². The Morgan fingerprint density at radius 2 is 2.19 bits per heavy atom. The molecule has 0 saturated heterocycles. The van der Waals surface area contributed by atoms with Crippen LogP contribution in [0.15, 0.2) is 17.5 Å². The first-order valence-corrected chi connectivity index (χ1v) is 9.44. The number of hydrogen-bond acceptors (Lipinski definition) is 5. The van der Waals surface area contributed by atoms with Gasteiger partial charge in [-0.25, -0.2) is 4.98 Å². The van der Waals surface area contributed by atoms with Gasteiger partial charge in [0.2, 0.25) is 0 Å². The van der Waals surface area contributed by atoms with Crippen molar-refractivity contribution in [2.45, 2.75) is 20.8 Å². The van der Waals surface area contributed by atoms with E-state index >= 15 is 0 Å². The van der Waals surface area contributed by atoms with Crippen LogP contribution in [-0.4, -0.2) is 17.3 Å². The molecule has 0 N–H and O–H groups in total. The molecule has 21 heavy (non-hydrogen) atoms. The van der Waals surface area contributed by atoms with Gasteiger partial charge >= 0.3 is 0 Å². The van der Waals surface area contributed by atoms with E-state index in [0.29, 0.717) is 11.8 Å². The minimum atomic E-state index is 0.473. The minimum Gasteiger partial charge on any atom is -0.493 e. The number of aryl methyl sites for hydroxylation is 1. The van der Waals surface area contributed by atoms with Gasteiger partial charge in [-0.05, 0) is 30.0 Å². The standard InChI is InChI=1S/C16H19NOS3/c1-9(2)11(8-19)7-18-13-6-14-15(17-10(3)21-14)16-12(13)4-5-20-16/h4-6,9,11,19H,7-8H2,1-3H3. The van der Waals surface area contributed by atoms with Crippen LogP contribution in [0.5, 0.6) is 5.75 Å². The van der Waals surface area contributed by atoms with E-state index in [1.54, 1.807) is 22.7 Å². The van der Waals surface area contributed by atoms with Crippen LogP contribution in [0.2, 0.25) is 0 Å².